The van der Waals surface area contributed by atoms with Crippen LogP contribution in [-0.4, -0.2) is 111 Å². The molecule has 8 aromatic rings. The lowest BCUT2D eigenvalue weighted by Gasteiger charge is -2.52. The molecule has 0 radical (unpaired) electrons. The van der Waals surface area contributed by atoms with Gasteiger partial charge in [0.15, 0.2) is 6.29 Å². The zero-order valence-electron chi connectivity index (χ0n) is 48.5. The summed E-state index contributed by atoms with van der Waals surface area (Å²) < 4.78 is 84.7. The van der Waals surface area contributed by atoms with Crippen LogP contribution < -0.4 is 4.74 Å². The van der Waals surface area contributed by atoms with E-state index >= 15 is 0 Å². The highest BCUT2D eigenvalue weighted by molar-refractivity contribution is 5.27. The lowest BCUT2D eigenvalue weighted by Crippen LogP contribution is -2.70. The molecule has 0 bridgehead atoms. The molecule has 2 aliphatic rings. The summed E-state index contributed by atoms with van der Waals surface area (Å²) in [7, 11) is 1.62. The minimum Gasteiger partial charge on any atom is -0.497 e. The lowest BCUT2D eigenvalue weighted by atomic mass is 9.83. The van der Waals surface area contributed by atoms with Crippen LogP contribution in [0, 0.1) is 0 Å². The first-order chi connectivity index (χ1) is 42.5. The van der Waals surface area contributed by atoms with Crippen LogP contribution in [0.1, 0.15) is 44.5 Å². The third kappa shape index (κ3) is 18.1. The average Bonchev–Trinajstić information content (AvgIpc) is 1.08. The Morgan fingerprint density at radius 2 is 0.628 bits per heavy atom. The van der Waals surface area contributed by atoms with E-state index in [2.05, 4.69) is 0 Å². The second-order valence-corrected chi connectivity index (χ2v) is 21.5. The highest BCUT2D eigenvalue weighted by Gasteiger charge is 2.58. The molecule has 1 aliphatic heterocycles. The van der Waals surface area contributed by atoms with E-state index in [4.69, 9.17) is 56.8 Å². The highest BCUT2D eigenvalue weighted by Crippen LogP contribution is 2.40. The molecular weight excluding hydrogens is 1090 g/mol. The van der Waals surface area contributed by atoms with Gasteiger partial charge in [-0.25, -0.2) is 0 Å². The number of aliphatic hydroxyl groups is 2. The van der Waals surface area contributed by atoms with E-state index in [0.29, 0.717) is 12.4 Å². The minimum atomic E-state index is -1.26. The fourth-order valence-corrected chi connectivity index (χ4v) is 10.7. The van der Waals surface area contributed by atoms with Gasteiger partial charge >= 0.3 is 0 Å². The number of hydrogen-bond acceptors (Lipinski definition) is 14. The fourth-order valence-electron chi connectivity index (χ4n) is 10.7. The Kier molecular flexibility index (Phi) is 24.0. The molecule has 10 rings (SSSR count). The van der Waals surface area contributed by atoms with Gasteiger partial charge in [-0.1, -0.05) is 224 Å². The van der Waals surface area contributed by atoms with Gasteiger partial charge in [0.25, 0.3) is 0 Å². The van der Waals surface area contributed by atoms with Crippen LogP contribution in [0.25, 0.3) is 0 Å². The van der Waals surface area contributed by atoms with Crippen molar-refractivity contribution in [3.8, 4) is 5.75 Å². The molecule has 1 saturated heterocycles. The van der Waals surface area contributed by atoms with E-state index in [1.165, 1.54) is 0 Å². The van der Waals surface area contributed by atoms with Gasteiger partial charge < -0.3 is 67.1 Å². The summed E-state index contributed by atoms with van der Waals surface area (Å²) in [6.45, 7) is 0.606. The van der Waals surface area contributed by atoms with Crippen LogP contribution in [0.2, 0.25) is 0 Å². The van der Waals surface area contributed by atoms with Crippen molar-refractivity contribution in [2.75, 3.05) is 26.9 Å². The van der Waals surface area contributed by atoms with Gasteiger partial charge in [-0.2, -0.15) is 0 Å². The third-order valence-corrected chi connectivity index (χ3v) is 15.2. The molecule has 8 aromatic carbocycles. The van der Waals surface area contributed by atoms with E-state index in [9.17, 15) is 10.2 Å². The van der Waals surface area contributed by atoms with E-state index in [1.807, 2.05) is 237 Å². The van der Waals surface area contributed by atoms with Crippen molar-refractivity contribution in [1.29, 1.82) is 0 Å². The molecule has 0 amide bonds. The van der Waals surface area contributed by atoms with Crippen molar-refractivity contribution >= 4 is 0 Å². The predicted octanol–water partition coefficient (Wildman–Crippen LogP) is 11.2. The predicted molar refractivity (Wildman–Crippen MR) is 324 cm³/mol. The summed E-state index contributed by atoms with van der Waals surface area (Å²) in [5, 5.41) is 21.5. The summed E-state index contributed by atoms with van der Waals surface area (Å²) >= 11 is 0. The number of ether oxygens (including phenoxy) is 12. The van der Waals surface area contributed by atoms with Gasteiger partial charge in [0.05, 0.1) is 79.8 Å². The molecule has 2 fully saturated rings. The largest absolute Gasteiger partial charge is 0.497 e. The molecule has 1 aliphatic carbocycles. The van der Waals surface area contributed by atoms with Crippen LogP contribution >= 0.6 is 0 Å². The zero-order chi connectivity index (χ0) is 59.0. The first-order valence-electron chi connectivity index (χ1n) is 29.5. The molecule has 450 valence electrons. The Morgan fingerprint density at radius 3 is 0.977 bits per heavy atom. The standard InChI is InChI=1S/C72H78O14/c1-75-61-39-37-59(38-40-61)49-82-69-67(84-50-60(74)41-73)65(79-45-55-29-15-5-16-30-55)66(80-46-56-31-17-6-18-32-56)68(81-47-57-33-19-7-20-34-57)70(69)86-72-71(83-48-58-35-21-8-22-36-58)64(78-44-54-27-13-4-14-28-54)63(77-43-53-25-11-3-12-26-53)62(85-72)51-76-42-52-23-9-2-10-24-52/h2-40,60,62-74H,41-51H2,1H3/t60?,62-,63-,64+,65-,66-,67+,68+,69-,70+,71+,72-/m1/s1. The highest BCUT2D eigenvalue weighted by atomic mass is 16.7. The second-order valence-electron chi connectivity index (χ2n) is 21.5. The van der Waals surface area contributed by atoms with E-state index < -0.39 is 80.0 Å². The van der Waals surface area contributed by atoms with E-state index in [1.54, 1.807) is 7.11 Å². The normalized spacial score (nSPS) is 23.4. The van der Waals surface area contributed by atoms with Crippen LogP contribution in [0.5, 0.6) is 5.75 Å². The monoisotopic (exact) mass is 1170 g/mol. The van der Waals surface area contributed by atoms with Crippen LogP contribution in [-0.2, 0) is 105 Å². The quantitative estimate of drug-likeness (QED) is 0.0411. The molecular formula is C72H78O14. The van der Waals surface area contributed by atoms with Gasteiger partial charge in [-0.15, -0.1) is 0 Å². The maximum Gasteiger partial charge on any atom is 0.187 e. The van der Waals surface area contributed by atoms with E-state index in [-0.39, 0.29) is 59.5 Å². The molecule has 1 saturated carbocycles. The van der Waals surface area contributed by atoms with Crippen molar-refractivity contribution in [2.24, 2.45) is 0 Å². The topological polar surface area (TPSA) is 151 Å². The summed E-state index contributed by atoms with van der Waals surface area (Å²) in [5.41, 5.74) is 7.33. The van der Waals surface area contributed by atoms with Gasteiger partial charge in [0, 0.05) is 0 Å². The van der Waals surface area contributed by atoms with Crippen molar-refractivity contribution in [1.82, 2.24) is 0 Å². The number of methoxy groups -OCH3 is 1. The fraction of sp³-hybridized carbons (Fsp3) is 0.333. The molecule has 1 unspecified atom stereocenters. The van der Waals surface area contributed by atoms with Crippen LogP contribution in [0.15, 0.2) is 237 Å². The molecule has 2 N–H and O–H groups in total. The molecule has 14 heteroatoms. The Labute approximate surface area is 505 Å². The number of hydrogen-bond donors (Lipinski definition) is 2. The lowest BCUT2D eigenvalue weighted by molar-refractivity contribution is -0.366. The maximum atomic E-state index is 11.2. The Morgan fingerprint density at radius 1 is 0.337 bits per heavy atom. The van der Waals surface area contributed by atoms with Crippen molar-refractivity contribution < 1.29 is 67.1 Å². The number of aliphatic hydroxyl groups excluding tert-OH is 2. The summed E-state index contributed by atoms with van der Waals surface area (Å²) in [5.74, 6) is 0.683. The molecule has 0 aromatic heterocycles. The molecule has 0 spiro atoms. The zero-order valence-corrected chi connectivity index (χ0v) is 48.5. The third-order valence-electron chi connectivity index (χ3n) is 15.2. The number of rotatable bonds is 32. The molecule has 12 atom stereocenters. The Hall–Kier alpha value is -6.96. The Balaban J connectivity index is 1.12. The van der Waals surface area contributed by atoms with Gasteiger partial charge in [0.1, 0.15) is 72.9 Å². The van der Waals surface area contributed by atoms with Crippen LogP contribution in [0.4, 0.5) is 0 Å². The molecule has 1 heterocycles. The van der Waals surface area contributed by atoms with Crippen molar-refractivity contribution in [2.45, 2.75) is 126 Å². The van der Waals surface area contributed by atoms with Gasteiger partial charge in [-0.05, 0) is 56.6 Å². The maximum absolute atomic E-state index is 11.2. The van der Waals surface area contributed by atoms with Crippen LogP contribution in [0.3, 0.4) is 0 Å². The molecule has 86 heavy (non-hydrogen) atoms. The smallest absolute Gasteiger partial charge is 0.187 e. The Bertz CT molecular complexity index is 3100. The van der Waals surface area contributed by atoms with E-state index in [0.717, 1.165) is 44.5 Å². The first-order valence-corrected chi connectivity index (χ1v) is 29.5. The SMILES string of the molecule is COc1ccc(CO[C@@H]2[C@@H](OCC(O)CO)[C@H](OCc3ccccc3)[C@@H](OCc3ccccc3)[C@H](OCc3ccccc3)[C@@H]2O[C@H]2O[C@H](COCc3ccccc3)[C@@H](OCc3ccccc3)[C@H](OCc3ccccc3)[C@@H]2OCc2ccccc2)cc1. The summed E-state index contributed by atoms with van der Waals surface area (Å²) in [6.07, 6.45) is -12.1. The average molecular weight is 1170 g/mol. The van der Waals surface area contributed by atoms with Crippen molar-refractivity contribution in [3.05, 3.63) is 281 Å². The minimum absolute atomic E-state index is 0.0664. The van der Waals surface area contributed by atoms with Gasteiger partial charge in [0.2, 0.25) is 0 Å². The van der Waals surface area contributed by atoms with Crippen molar-refractivity contribution in [3.63, 3.8) is 0 Å². The summed E-state index contributed by atoms with van der Waals surface area (Å²) in [6, 6.07) is 77.2. The summed E-state index contributed by atoms with van der Waals surface area (Å²) in [4.78, 5) is 0. The first kappa shape index (κ1) is 62.1. The van der Waals surface area contributed by atoms with Gasteiger partial charge in [-0.3, -0.25) is 0 Å². The molecule has 14 nitrogen and oxygen atoms in total. The number of benzene rings is 8. The second kappa shape index (κ2) is 33.2.